The van der Waals surface area contributed by atoms with E-state index in [2.05, 4.69) is 68.2 Å². The van der Waals surface area contributed by atoms with Gasteiger partial charge in [0.1, 0.15) is 0 Å². The quantitative estimate of drug-likeness (QED) is 0.854. The van der Waals surface area contributed by atoms with Gasteiger partial charge >= 0.3 is 0 Å². The predicted octanol–water partition coefficient (Wildman–Crippen LogP) is 3.89. The minimum atomic E-state index is 0.650. The molecule has 0 aliphatic carbocycles. The normalized spacial score (nSPS) is 25.2. The largest absolute Gasteiger partial charge is 0.311 e. The van der Waals surface area contributed by atoms with Gasteiger partial charge in [0.25, 0.3) is 0 Å². The maximum Gasteiger partial charge on any atom is 0.0198 e. The number of benzene rings is 1. The van der Waals surface area contributed by atoms with Crippen molar-refractivity contribution in [3.63, 3.8) is 0 Å². The van der Waals surface area contributed by atoms with Crippen molar-refractivity contribution < 1.29 is 0 Å². The molecule has 1 aliphatic heterocycles. The number of hydrogen-bond acceptors (Lipinski definition) is 2. The molecule has 2 rings (SSSR count). The number of nitrogens with zero attached hydrogens (tertiary/aromatic N) is 1. The molecule has 0 radical (unpaired) electrons. The Labute approximate surface area is 130 Å². The van der Waals surface area contributed by atoms with Crippen LogP contribution in [0.2, 0.25) is 0 Å². The smallest absolute Gasteiger partial charge is 0.0198 e. The summed E-state index contributed by atoms with van der Waals surface area (Å²) in [6.07, 6.45) is 2.54. The van der Waals surface area contributed by atoms with Crippen LogP contribution in [0.3, 0.4) is 0 Å². The predicted molar refractivity (Wildman–Crippen MR) is 91.8 cm³/mol. The maximum absolute atomic E-state index is 3.71. The fraction of sp³-hybridized carbons (Fsp3) is 0.684. The lowest BCUT2D eigenvalue weighted by Gasteiger charge is -2.40. The lowest BCUT2D eigenvalue weighted by Crippen LogP contribution is -2.55. The Hall–Kier alpha value is -0.860. The molecule has 1 N–H and O–H groups in total. The van der Waals surface area contributed by atoms with Crippen molar-refractivity contribution in [1.82, 2.24) is 10.2 Å². The van der Waals surface area contributed by atoms with Crippen LogP contribution in [0.15, 0.2) is 30.3 Å². The average Bonchev–Trinajstić information content (AvgIpc) is 2.48. The van der Waals surface area contributed by atoms with Gasteiger partial charge in [0.05, 0.1) is 0 Å². The van der Waals surface area contributed by atoms with Gasteiger partial charge in [0.2, 0.25) is 0 Å². The molecule has 0 spiro atoms. The van der Waals surface area contributed by atoms with Crippen LogP contribution < -0.4 is 5.32 Å². The summed E-state index contributed by atoms with van der Waals surface area (Å²) in [5, 5.41) is 3.71. The van der Waals surface area contributed by atoms with Crippen LogP contribution in [0, 0.1) is 5.92 Å². The molecular weight excluding hydrogens is 256 g/mol. The van der Waals surface area contributed by atoms with Crippen molar-refractivity contribution in [3.05, 3.63) is 35.9 Å². The molecule has 3 atom stereocenters. The average molecular weight is 288 g/mol. The topological polar surface area (TPSA) is 15.3 Å². The van der Waals surface area contributed by atoms with Gasteiger partial charge < -0.3 is 5.32 Å². The number of piperazine rings is 1. The zero-order valence-electron chi connectivity index (χ0n) is 14.2. The van der Waals surface area contributed by atoms with Crippen molar-refractivity contribution in [2.75, 3.05) is 19.6 Å². The molecule has 2 heteroatoms. The van der Waals surface area contributed by atoms with E-state index >= 15 is 0 Å². The highest BCUT2D eigenvalue weighted by atomic mass is 15.2. The zero-order chi connectivity index (χ0) is 15.2. The lowest BCUT2D eigenvalue weighted by atomic mass is 9.96. The Kier molecular flexibility index (Phi) is 6.25. The summed E-state index contributed by atoms with van der Waals surface area (Å²) >= 11 is 0. The van der Waals surface area contributed by atoms with Crippen LogP contribution in [0.5, 0.6) is 0 Å². The lowest BCUT2D eigenvalue weighted by molar-refractivity contribution is 0.128. The molecule has 0 saturated carbocycles. The van der Waals surface area contributed by atoms with Crippen molar-refractivity contribution in [1.29, 1.82) is 0 Å². The van der Waals surface area contributed by atoms with Gasteiger partial charge in [-0.15, -0.1) is 0 Å². The molecule has 0 amide bonds. The fourth-order valence-corrected chi connectivity index (χ4v) is 3.34. The van der Waals surface area contributed by atoms with Gasteiger partial charge in [-0.2, -0.15) is 0 Å². The highest BCUT2D eigenvalue weighted by Crippen LogP contribution is 2.21. The Balaban J connectivity index is 1.83. The first-order chi connectivity index (χ1) is 10.1. The third-order valence-corrected chi connectivity index (χ3v) is 4.75. The Morgan fingerprint density at radius 3 is 2.57 bits per heavy atom. The summed E-state index contributed by atoms with van der Waals surface area (Å²) in [5.74, 6) is 1.43. The molecule has 2 nitrogen and oxygen atoms in total. The second kappa shape index (κ2) is 7.95. The van der Waals surface area contributed by atoms with E-state index in [0.717, 1.165) is 12.5 Å². The fourth-order valence-electron chi connectivity index (χ4n) is 3.34. The van der Waals surface area contributed by atoms with E-state index in [1.807, 2.05) is 0 Å². The Morgan fingerprint density at radius 1 is 1.19 bits per heavy atom. The molecule has 1 aliphatic rings. The molecule has 1 saturated heterocycles. The standard InChI is InChI=1S/C19H32N2/c1-15(2)12-19-14-21(17(4)13-20-19)11-10-16(3)18-8-6-5-7-9-18/h5-9,15-17,19-20H,10-14H2,1-4H3. The van der Waals surface area contributed by atoms with E-state index in [-0.39, 0.29) is 0 Å². The zero-order valence-corrected chi connectivity index (χ0v) is 14.2. The van der Waals surface area contributed by atoms with Crippen LogP contribution in [0.25, 0.3) is 0 Å². The first kappa shape index (κ1) is 16.5. The van der Waals surface area contributed by atoms with E-state index in [0.29, 0.717) is 18.0 Å². The SMILES string of the molecule is CC(C)CC1CN(CCC(C)c2ccccc2)C(C)CN1. The second-order valence-electron chi connectivity index (χ2n) is 7.18. The highest BCUT2D eigenvalue weighted by Gasteiger charge is 2.25. The molecule has 3 unspecified atom stereocenters. The van der Waals surface area contributed by atoms with Crippen LogP contribution >= 0.6 is 0 Å². The summed E-state index contributed by atoms with van der Waals surface area (Å²) in [4.78, 5) is 2.68. The van der Waals surface area contributed by atoms with Crippen LogP contribution in [-0.2, 0) is 0 Å². The molecule has 21 heavy (non-hydrogen) atoms. The van der Waals surface area contributed by atoms with E-state index in [9.17, 15) is 0 Å². The van der Waals surface area contributed by atoms with Crippen molar-refractivity contribution >= 4 is 0 Å². The van der Waals surface area contributed by atoms with E-state index < -0.39 is 0 Å². The first-order valence-corrected chi connectivity index (χ1v) is 8.58. The van der Waals surface area contributed by atoms with Crippen molar-refractivity contribution in [2.24, 2.45) is 5.92 Å². The molecule has 1 aromatic carbocycles. The third-order valence-electron chi connectivity index (χ3n) is 4.75. The number of nitrogens with one attached hydrogen (secondary N) is 1. The monoisotopic (exact) mass is 288 g/mol. The Bertz CT molecular complexity index is 401. The summed E-state index contributed by atoms with van der Waals surface area (Å²) in [6, 6.07) is 12.3. The minimum Gasteiger partial charge on any atom is -0.311 e. The summed E-state index contributed by atoms with van der Waals surface area (Å²) in [5.41, 5.74) is 1.47. The van der Waals surface area contributed by atoms with Gasteiger partial charge in [-0.05, 0) is 43.7 Å². The van der Waals surface area contributed by atoms with E-state index in [4.69, 9.17) is 0 Å². The molecule has 118 valence electrons. The summed E-state index contributed by atoms with van der Waals surface area (Å²) in [7, 11) is 0. The Morgan fingerprint density at radius 2 is 1.90 bits per heavy atom. The van der Waals surface area contributed by atoms with Crippen molar-refractivity contribution in [2.45, 2.75) is 58.5 Å². The second-order valence-corrected chi connectivity index (χ2v) is 7.18. The maximum atomic E-state index is 3.71. The molecule has 1 fully saturated rings. The number of rotatable bonds is 6. The van der Waals surface area contributed by atoms with Gasteiger partial charge in [-0.1, -0.05) is 51.1 Å². The van der Waals surface area contributed by atoms with Gasteiger partial charge in [0, 0.05) is 25.2 Å². The molecule has 0 aromatic heterocycles. The highest BCUT2D eigenvalue weighted by molar-refractivity contribution is 5.18. The molecule has 1 heterocycles. The van der Waals surface area contributed by atoms with Gasteiger partial charge in [-0.3, -0.25) is 4.90 Å². The summed E-state index contributed by atoms with van der Waals surface area (Å²) < 4.78 is 0. The van der Waals surface area contributed by atoms with E-state index in [1.54, 1.807) is 0 Å². The third kappa shape index (κ3) is 5.12. The molecular formula is C19H32N2. The van der Waals surface area contributed by atoms with Crippen molar-refractivity contribution in [3.8, 4) is 0 Å². The molecule has 1 aromatic rings. The van der Waals surface area contributed by atoms with Gasteiger partial charge in [-0.25, -0.2) is 0 Å². The van der Waals surface area contributed by atoms with Crippen LogP contribution in [-0.4, -0.2) is 36.6 Å². The van der Waals surface area contributed by atoms with Crippen LogP contribution in [0.4, 0.5) is 0 Å². The van der Waals surface area contributed by atoms with Crippen LogP contribution in [0.1, 0.15) is 52.0 Å². The minimum absolute atomic E-state index is 0.650. The number of hydrogen-bond donors (Lipinski definition) is 1. The molecule has 0 bridgehead atoms. The summed E-state index contributed by atoms with van der Waals surface area (Å²) in [6.45, 7) is 12.9. The van der Waals surface area contributed by atoms with Gasteiger partial charge in [0.15, 0.2) is 0 Å². The first-order valence-electron chi connectivity index (χ1n) is 8.58. The van der Waals surface area contributed by atoms with E-state index in [1.165, 1.54) is 31.5 Å².